The number of amides is 2. The summed E-state index contributed by atoms with van der Waals surface area (Å²) >= 11 is 6.35. The fourth-order valence-electron chi connectivity index (χ4n) is 2.21. The summed E-state index contributed by atoms with van der Waals surface area (Å²) in [6, 6.07) is 13.2. The van der Waals surface area contributed by atoms with Gasteiger partial charge in [-0.2, -0.15) is 0 Å². The molecule has 1 fully saturated rings. The summed E-state index contributed by atoms with van der Waals surface area (Å²) in [7, 11) is 1.65. The van der Waals surface area contributed by atoms with Crippen molar-refractivity contribution in [2.45, 2.75) is 0 Å². The Hall–Kier alpha value is -2.64. The third-order valence-corrected chi connectivity index (χ3v) is 5.05. The number of aromatic hydroxyl groups is 1. The molecule has 0 unspecified atom stereocenters. The highest BCUT2D eigenvalue weighted by Gasteiger charge is 2.28. The molecule has 1 aliphatic rings. The lowest BCUT2D eigenvalue weighted by Crippen LogP contribution is -2.22. The number of carbonyl (C=O) groups is 2. The minimum Gasteiger partial charge on any atom is -0.508 e. The molecule has 2 N–H and O–H groups in total. The summed E-state index contributed by atoms with van der Waals surface area (Å²) in [6.07, 6.45) is 1.75. The Balaban J connectivity index is 1.73. The SMILES string of the molecule is CN1C(=O)/C(=C/c2ccc(C(=O)Nc3cccc(O)c3)cc2)SC1=S. The number of phenolic OH excluding ortho intramolecular Hbond substituents is 1. The van der Waals surface area contributed by atoms with Crippen LogP contribution in [-0.2, 0) is 4.79 Å². The van der Waals surface area contributed by atoms with Gasteiger partial charge in [0.1, 0.15) is 10.1 Å². The predicted octanol–water partition coefficient (Wildman–Crippen LogP) is 3.48. The maximum absolute atomic E-state index is 12.2. The van der Waals surface area contributed by atoms with Crippen molar-refractivity contribution in [3.05, 3.63) is 64.6 Å². The van der Waals surface area contributed by atoms with E-state index in [4.69, 9.17) is 12.2 Å². The Morgan fingerprint density at radius 2 is 1.96 bits per heavy atom. The summed E-state index contributed by atoms with van der Waals surface area (Å²) in [4.78, 5) is 26.2. The van der Waals surface area contributed by atoms with Crippen molar-refractivity contribution in [1.82, 2.24) is 4.90 Å². The Labute approximate surface area is 154 Å². The van der Waals surface area contributed by atoms with Crippen LogP contribution in [0.2, 0.25) is 0 Å². The Morgan fingerprint density at radius 1 is 1.24 bits per heavy atom. The highest BCUT2D eigenvalue weighted by atomic mass is 32.2. The summed E-state index contributed by atoms with van der Waals surface area (Å²) in [5, 5.41) is 12.1. The van der Waals surface area contributed by atoms with Crippen LogP contribution in [0.4, 0.5) is 5.69 Å². The zero-order valence-electron chi connectivity index (χ0n) is 13.2. The van der Waals surface area contributed by atoms with Crippen LogP contribution in [0.15, 0.2) is 53.4 Å². The molecule has 0 spiro atoms. The third kappa shape index (κ3) is 3.89. The first-order chi connectivity index (χ1) is 11.9. The molecule has 7 heteroatoms. The van der Waals surface area contributed by atoms with Gasteiger partial charge in [0, 0.05) is 24.4 Å². The lowest BCUT2D eigenvalue weighted by Gasteiger charge is -2.06. The van der Waals surface area contributed by atoms with Crippen LogP contribution in [0.5, 0.6) is 5.75 Å². The number of thiocarbonyl (C=S) groups is 1. The number of rotatable bonds is 3. The largest absolute Gasteiger partial charge is 0.508 e. The molecule has 3 rings (SSSR count). The van der Waals surface area contributed by atoms with E-state index in [0.29, 0.717) is 20.5 Å². The maximum Gasteiger partial charge on any atom is 0.265 e. The number of likely N-dealkylation sites (N-methyl/N-ethyl adjacent to an activating group) is 1. The van der Waals surface area contributed by atoms with Crippen LogP contribution in [0.3, 0.4) is 0 Å². The zero-order valence-corrected chi connectivity index (χ0v) is 14.9. The molecule has 0 radical (unpaired) electrons. The molecule has 2 aromatic rings. The first-order valence-corrected chi connectivity index (χ1v) is 8.58. The maximum atomic E-state index is 12.2. The fraction of sp³-hybridized carbons (Fsp3) is 0.0556. The molecule has 25 heavy (non-hydrogen) atoms. The average Bonchev–Trinajstić information content (AvgIpc) is 2.82. The second kappa shape index (κ2) is 7.08. The molecule has 5 nitrogen and oxygen atoms in total. The van der Waals surface area contributed by atoms with Crippen LogP contribution in [0.25, 0.3) is 6.08 Å². The monoisotopic (exact) mass is 370 g/mol. The van der Waals surface area contributed by atoms with E-state index in [1.54, 1.807) is 49.5 Å². The smallest absolute Gasteiger partial charge is 0.265 e. The van der Waals surface area contributed by atoms with E-state index in [1.807, 2.05) is 0 Å². The molecular weight excluding hydrogens is 356 g/mol. The molecule has 2 amide bonds. The van der Waals surface area contributed by atoms with E-state index in [1.165, 1.54) is 28.8 Å². The molecule has 1 heterocycles. The molecule has 0 saturated carbocycles. The van der Waals surface area contributed by atoms with Gasteiger partial charge in [0.2, 0.25) is 0 Å². The van der Waals surface area contributed by atoms with Crippen LogP contribution < -0.4 is 5.32 Å². The van der Waals surface area contributed by atoms with Crippen molar-refractivity contribution in [3.8, 4) is 5.75 Å². The van der Waals surface area contributed by atoms with Crippen molar-refractivity contribution in [2.24, 2.45) is 0 Å². The van der Waals surface area contributed by atoms with Gasteiger partial charge in [0.15, 0.2) is 0 Å². The molecule has 1 aliphatic heterocycles. The average molecular weight is 370 g/mol. The molecule has 1 saturated heterocycles. The number of anilines is 1. The minimum atomic E-state index is -0.281. The van der Waals surface area contributed by atoms with E-state index in [0.717, 1.165) is 5.56 Å². The van der Waals surface area contributed by atoms with Gasteiger partial charge in [-0.05, 0) is 35.9 Å². The molecule has 2 aromatic carbocycles. The molecule has 0 aromatic heterocycles. The van der Waals surface area contributed by atoms with Gasteiger partial charge in [-0.25, -0.2) is 0 Å². The van der Waals surface area contributed by atoms with E-state index in [-0.39, 0.29) is 17.6 Å². The van der Waals surface area contributed by atoms with Crippen molar-refractivity contribution >= 4 is 51.9 Å². The molecule has 0 atom stereocenters. The third-order valence-electron chi connectivity index (χ3n) is 3.56. The molecule has 0 aliphatic carbocycles. The van der Waals surface area contributed by atoms with E-state index in [2.05, 4.69) is 5.32 Å². The van der Waals surface area contributed by atoms with Crippen molar-refractivity contribution in [3.63, 3.8) is 0 Å². The summed E-state index contributed by atoms with van der Waals surface area (Å²) in [6.45, 7) is 0. The van der Waals surface area contributed by atoms with Gasteiger partial charge in [-0.15, -0.1) is 0 Å². The van der Waals surface area contributed by atoms with Gasteiger partial charge >= 0.3 is 0 Å². The van der Waals surface area contributed by atoms with Gasteiger partial charge in [0.05, 0.1) is 4.91 Å². The zero-order chi connectivity index (χ0) is 18.0. The number of carbonyl (C=O) groups excluding carboxylic acids is 2. The van der Waals surface area contributed by atoms with Gasteiger partial charge in [-0.3, -0.25) is 14.5 Å². The number of hydrogen-bond donors (Lipinski definition) is 2. The Bertz CT molecular complexity index is 891. The Morgan fingerprint density at radius 3 is 2.56 bits per heavy atom. The number of benzene rings is 2. The van der Waals surface area contributed by atoms with Gasteiger partial charge < -0.3 is 10.4 Å². The molecular formula is C18H14N2O3S2. The van der Waals surface area contributed by atoms with Crippen LogP contribution >= 0.6 is 24.0 Å². The summed E-state index contributed by atoms with van der Waals surface area (Å²) in [5.41, 5.74) is 1.80. The minimum absolute atomic E-state index is 0.0846. The lowest BCUT2D eigenvalue weighted by molar-refractivity contribution is -0.121. The van der Waals surface area contributed by atoms with E-state index in [9.17, 15) is 14.7 Å². The van der Waals surface area contributed by atoms with E-state index < -0.39 is 0 Å². The highest BCUT2D eigenvalue weighted by Crippen LogP contribution is 2.31. The topological polar surface area (TPSA) is 69.6 Å². The van der Waals surface area contributed by atoms with Crippen LogP contribution in [0.1, 0.15) is 15.9 Å². The predicted molar refractivity (Wildman–Crippen MR) is 103 cm³/mol. The molecule has 126 valence electrons. The van der Waals surface area contributed by atoms with E-state index >= 15 is 0 Å². The normalized spacial score (nSPS) is 15.7. The highest BCUT2D eigenvalue weighted by molar-refractivity contribution is 8.26. The van der Waals surface area contributed by atoms with Crippen molar-refractivity contribution in [1.29, 1.82) is 0 Å². The Kier molecular flexibility index (Phi) is 4.87. The quantitative estimate of drug-likeness (QED) is 0.639. The second-order valence-electron chi connectivity index (χ2n) is 5.37. The number of phenols is 1. The summed E-state index contributed by atoms with van der Waals surface area (Å²) in [5.74, 6) is -0.320. The van der Waals surface area contributed by atoms with Crippen molar-refractivity contribution in [2.75, 3.05) is 12.4 Å². The van der Waals surface area contributed by atoms with Gasteiger partial charge in [0.25, 0.3) is 11.8 Å². The standard InChI is InChI=1S/C18H14N2O3S2/c1-20-17(23)15(25-18(20)24)9-11-5-7-12(8-6-11)16(22)19-13-3-2-4-14(21)10-13/h2-10,21H,1H3,(H,19,22)/b15-9-. The van der Waals surface area contributed by atoms with Crippen molar-refractivity contribution < 1.29 is 14.7 Å². The number of hydrogen-bond acceptors (Lipinski definition) is 5. The number of nitrogens with one attached hydrogen (secondary N) is 1. The molecule has 0 bridgehead atoms. The number of thioether (sulfide) groups is 1. The van der Waals surface area contributed by atoms with Crippen LogP contribution in [0, 0.1) is 0 Å². The first-order valence-electron chi connectivity index (χ1n) is 7.36. The second-order valence-corrected chi connectivity index (χ2v) is 7.04. The lowest BCUT2D eigenvalue weighted by atomic mass is 10.1. The summed E-state index contributed by atoms with van der Waals surface area (Å²) < 4.78 is 0.526. The van der Waals surface area contributed by atoms with Crippen LogP contribution in [-0.4, -0.2) is 33.2 Å². The number of nitrogens with zero attached hydrogens (tertiary/aromatic N) is 1. The van der Waals surface area contributed by atoms with Gasteiger partial charge in [-0.1, -0.05) is 42.2 Å². The fourth-order valence-corrected chi connectivity index (χ4v) is 3.39. The first kappa shape index (κ1) is 17.2.